The summed E-state index contributed by atoms with van der Waals surface area (Å²) in [6, 6.07) is 2.96. The van der Waals surface area contributed by atoms with E-state index in [1.807, 2.05) is 0 Å². The minimum atomic E-state index is -4.75. The predicted octanol–water partition coefficient (Wildman–Crippen LogP) is 12.5. The van der Waals surface area contributed by atoms with Gasteiger partial charge < -0.3 is 0 Å². The Bertz CT molecular complexity index is 1230. The van der Waals surface area contributed by atoms with Gasteiger partial charge in [-0.25, -0.2) is 13.2 Å². The molecule has 0 nitrogen and oxygen atoms in total. The van der Waals surface area contributed by atoms with Gasteiger partial charge in [0.1, 0.15) is 11.6 Å². The van der Waals surface area contributed by atoms with Crippen LogP contribution in [0.25, 0.3) is 0 Å². The molecule has 0 spiro atoms. The summed E-state index contributed by atoms with van der Waals surface area (Å²) in [5, 5.41) is -3.15. The Morgan fingerprint density at radius 3 is 1.18 bits per heavy atom. The molecule has 0 bridgehead atoms. The zero-order chi connectivity index (χ0) is 30.7. The van der Waals surface area contributed by atoms with Crippen LogP contribution in [0.3, 0.4) is 0 Å². The fourth-order valence-electron chi connectivity index (χ4n) is 2.20. The molecule has 3 aromatic carbocycles. The Morgan fingerprint density at radius 1 is 0.385 bits per heavy atom. The van der Waals surface area contributed by atoms with Gasteiger partial charge in [0.25, 0.3) is 0 Å². The van der Waals surface area contributed by atoms with Crippen molar-refractivity contribution in [2.24, 2.45) is 0 Å². The van der Waals surface area contributed by atoms with Crippen molar-refractivity contribution in [2.45, 2.75) is 18.5 Å². The van der Waals surface area contributed by atoms with Crippen LogP contribution in [0.2, 0.25) is 30.1 Å². The maximum absolute atomic E-state index is 12.7. The van der Waals surface area contributed by atoms with Gasteiger partial charge in [0, 0.05) is 0 Å². The van der Waals surface area contributed by atoms with Crippen LogP contribution < -0.4 is 0 Å². The van der Waals surface area contributed by atoms with E-state index < -0.39 is 72.8 Å². The summed E-state index contributed by atoms with van der Waals surface area (Å²) < 4.78 is 146. The van der Waals surface area contributed by atoms with E-state index in [0.29, 0.717) is 36.4 Å². The predicted molar refractivity (Wildman–Crippen MR) is 124 cm³/mol. The highest BCUT2D eigenvalue weighted by molar-refractivity contribution is 6.42. The Hall–Kier alpha value is -1.44. The van der Waals surface area contributed by atoms with E-state index >= 15 is 0 Å². The number of benzene rings is 3. The summed E-state index contributed by atoms with van der Waals surface area (Å²) in [6.07, 6.45) is -13.9. The summed E-state index contributed by atoms with van der Waals surface area (Å²) in [5.74, 6) is -3.45. The van der Waals surface area contributed by atoms with E-state index in [1.165, 1.54) is 0 Å². The third-order valence-corrected chi connectivity index (χ3v) is 5.82. The van der Waals surface area contributed by atoms with Crippen molar-refractivity contribution >= 4 is 69.6 Å². The van der Waals surface area contributed by atoms with E-state index in [2.05, 4.69) is 0 Å². The number of rotatable bonds is 0. The van der Waals surface area contributed by atoms with E-state index in [4.69, 9.17) is 69.6 Å². The molecule has 0 radical (unpaired) electrons. The standard InChI is InChI=1S/3C7H2Cl2F4/c8-4-2-6(10)5(9)1-3(4)7(11,12)13;8-4-1-3(7(11,12)13)6(10)2-5(4)9;8-4-1-3(7(11,12)13)2-5(9)6(4)10/h3*1-2H. The van der Waals surface area contributed by atoms with Crippen LogP contribution in [0.4, 0.5) is 52.7 Å². The molecule has 0 N–H and O–H groups in total. The van der Waals surface area contributed by atoms with Crippen LogP contribution in [0.5, 0.6) is 0 Å². The highest BCUT2D eigenvalue weighted by atomic mass is 35.5. The molecule has 0 aromatic heterocycles. The SMILES string of the molecule is Fc1c(Cl)cc(C(F)(F)F)cc1Cl.Fc1cc(Cl)c(C(F)(F)F)cc1Cl.Fc1cc(Cl)c(Cl)cc1C(F)(F)F. The Balaban J connectivity index is 0.000000292. The van der Waals surface area contributed by atoms with Crippen molar-refractivity contribution in [1.29, 1.82) is 0 Å². The van der Waals surface area contributed by atoms with Gasteiger partial charge in [-0.3, -0.25) is 0 Å². The van der Waals surface area contributed by atoms with Gasteiger partial charge >= 0.3 is 18.5 Å². The van der Waals surface area contributed by atoms with Gasteiger partial charge in [0.2, 0.25) is 0 Å². The van der Waals surface area contributed by atoms with Gasteiger partial charge in [-0.1, -0.05) is 69.6 Å². The topological polar surface area (TPSA) is 0 Å². The van der Waals surface area contributed by atoms with Gasteiger partial charge in [-0.15, -0.1) is 0 Å². The molecule has 0 fully saturated rings. The van der Waals surface area contributed by atoms with Crippen LogP contribution in [0, 0.1) is 17.5 Å². The second kappa shape index (κ2) is 13.5. The van der Waals surface area contributed by atoms with E-state index in [-0.39, 0.29) is 10.0 Å². The molecule has 3 aromatic rings. The molecule has 0 aliphatic carbocycles. The molecule has 0 saturated carbocycles. The van der Waals surface area contributed by atoms with Crippen LogP contribution in [0.1, 0.15) is 16.7 Å². The highest BCUT2D eigenvalue weighted by Gasteiger charge is 2.35. The van der Waals surface area contributed by atoms with Crippen molar-refractivity contribution in [3.8, 4) is 0 Å². The van der Waals surface area contributed by atoms with Crippen molar-refractivity contribution < 1.29 is 52.7 Å². The van der Waals surface area contributed by atoms with Crippen LogP contribution in [0.15, 0.2) is 36.4 Å². The Morgan fingerprint density at radius 2 is 0.769 bits per heavy atom. The minimum absolute atomic E-state index is 0.243. The molecule has 3 rings (SSSR count). The second-order valence-corrected chi connectivity index (χ2v) is 9.18. The minimum Gasteiger partial charge on any atom is -0.206 e. The fourth-order valence-corrected chi connectivity index (χ4v) is 3.42. The summed E-state index contributed by atoms with van der Waals surface area (Å²) >= 11 is 31.2. The lowest BCUT2D eigenvalue weighted by Gasteiger charge is -2.08. The molecule has 0 unspecified atom stereocenters. The van der Waals surface area contributed by atoms with Crippen molar-refractivity contribution in [3.63, 3.8) is 0 Å². The quantitative estimate of drug-likeness (QED) is 0.125. The number of alkyl halides is 9. The van der Waals surface area contributed by atoms with Crippen LogP contribution in [-0.4, -0.2) is 0 Å². The first-order valence-electron chi connectivity index (χ1n) is 9.12. The third kappa shape index (κ3) is 10.5. The third-order valence-electron chi connectivity index (χ3n) is 3.94. The molecule has 18 heteroatoms. The lowest BCUT2D eigenvalue weighted by molar-refractivity contribution is -0.140. The largest absolute Gasteiger partial charge is 0.419 e. The molecule has 0 atom stereocenters. The van der Waals surface area contributed by atoms with E-state index in [0.717, 1.165) is 0 Å². The monoisotopic (exact) mass is 696 g/mol. The number of hydrogen-bond donors (Lipinski definition) is 0. The van der Waals surface area contributed by atoms with Gasteiger partial charge in [-0.2, -0.15) is 39.5 Å². The van der Waals surface area contributed by atoms with Crippen molar-refractivity contribution in [2.75, 3.05) is 0 Å². The van der Waals surface area contributed by atoms with Gasteiger partial charge in [0.15, 0.2) is 5.82 Å². The van der Waals surface area contributed by atoms with E-state index in [1.54, 1.807) is 0 Å². The van der Waals surface area contributed by atoms with Crippen LogP contribution in [-0.2, 0) is 18.5 Å². The van der Waals surface area contributed by atoms with E-state index in [9.17, 15) is 52.7 Å². The second-order valence-electron chi connectivity index (χ2n) is 6.74. The Labute approximate surface area is 240 Å². The highest BCUT2D eigenvalue weighted by Crippen LogP contribution is 2.38. The smallest absolute Gasteiger partial charge is 0.206 e. The molecule has 0 saturated heterocycles. The zero-order valence-electron chi connectivity index (χ0n) is 17.8. The average Bonchev–Trinajstić information content (AvgIpc) is 2.75. The maximum atomic E-state index is 12.7. The van der Waals surface area contributed by atoms with Crippen LogP contribution >= 0.6 is 69.6 Å². The first-order valence-corrected chi connectivity index (χ1v) is 11.4. The summed E-state index contributed by atoms with van der Waals surface area (Å²) in [7, 11) is 0. The Kier molecular flexibility index (Phi) is 12.3. The number of halogens is 18. The normalized spacial score (nSPS) is 11.8. The summed E-state index contributed by atoms with van der Waals surface area (Å²) in [5.41, 5.74) is -3.62. The van der Waals surface area contributed by atoms with Crippen molar-refractivity contribution in [1.82, 2.24) is 0 Å². The summed E-state index contributed by atoms with van der Waals surface area (Å²) in [6.45, 7) is 0. The molecule has 0 amide bonds. The average molecular weight is 699 g/mol. The molecular weight excluding hydrogens is 693 g/mol. The fraction of sp³-hybridized carbons (Fsp3) is 0.143. The molecule has 0 heterocycles. The molecule has 0 aliphatic rings. The summed E-state index contributed by atoms with van der Waals surface area (Å²) in [4.78, 5) is 0. The molecular formula is C21H6Cl6F12. The first kappa shape index (κ1) is 35.6. The van der Waals surface area contributed by atoms with Gasteiger partial charge in [0.05, 0.1) is 46.8 Å². The molecule has 216 valence electrons. The van der Waals surface area contributed by atoms with Gasteiger partial charge in [-0.05, 0) is 36.4 Å². The lowest BCUT2D eigenvalue weighted by atomic mass is 10.2. The lowest BCUT2D eigenvalue weighted by Crippen LogP contribution is -2.07. The maximum Gasteiger partial charge on any atom is 0.419 e. The molecule has 39 heavy (non-hydrogen) atoms. The first-order chi connectivity index (χ1) is 17.5. The molecule has 0 aliphatic heterocycles. The zero-order valence-corrected chi connectivity index (χ0v) is 22.3. The number of hydrogen-bond acceptors (Lipinski definition) is 0. The van der Waals surface area contributed by atoms with Crippen molar-refractivity contribution in [3.05, 3.63) is 101 Å².